The Kier molecular flexibility index (Phi) is 6.76. The summed E-state index contributed by atoms with van der Waals surface area (Å²) in [4.78, 5) is 30.6. The largest absolute Gasteiger partial charge is 0.349 e. The average molecular weight is 436 g/mol. The van der Waals surface area contributed by atoms with Gasteiger partial charge in [0.1, 0.15) is 0 Å². The summed E-state index contributed by atoms with van der Waals surface area (Å²) < 4.78 is 1.83. The second kappa shape index (κ2) is 9.69. The lowest BCUT2D eigenvalue weighted by molar-refractivity contribution is -0.119. The summed E-state index contributed by atoms with van der Waals surface area (Å²) in [5.74, 6) is 0.173. The molecule has 1 atom stereocenters. The van der Waals surface area contributed by atoms with Gasteiger partial charge in [-0.25, -0.2) is 4.98 Å². The molecule has 1 aliphatic carbocycles. The molecule has 6 heteroatoms. The zero-order valence-corrected chi connectivity index (χ0v) is 19.0. The van der Waals surface area contributed by atoms with Crippen molar-refractivity contribution in [2.45, 2.75) is 63.2 Å². The van der Waals surface area contributed by atoms with Gasteiger partial charge in [-0.1, -0.05) is 67.9 Å². The van der Waals surface area contributed by atoms with Crippen LogP contribution in [-0.4, -0.2) is 21.2 Å². The predicted octanol–water partition coefficient (Wildman–Crippen LogP) is 5.04. The van der Waals surface area contributed by atoms with E-state index in [9.17, 15) is 9.59 Å². The number of nitrogens with zero attached hydrogens (tertiary/aromatic N) is 2. The van der Waals surface area contributed by atoms with Crippen molar-refractivity contribution in [1.82, 2.24) is 14.9 Å². The van der Waals surface area contributed by atoms with E-state index in [0.717, 1.165) is 37.7 Å². The molecule has 1 N–H and O–H groups in total. The van der Waals surface area contributed by atoms with Crippen molar-refractivity contribution < 1.29 is 4.79 Å². The van der Waals surface area contributed by atoms with Crippen LogP contribution in [0.1, 0.15) is 62.7 Å². The fourth-order valence-electron chi connectivity index (χ4n) is 4.25. The number of rotatable bonds is 7. The van der Waals surface area contributed by atoms with Crippen LogP contribution in [0.4, 0.5) is 0 Å². The highest BCUT2D eigenvalue weighted by molar-refractivity contribution is 7.99. The molecule has 162 valence electrons. The molecule has 0 aliphatic heterocycles. The highest BCUT2D eigenvalue weighted by Crippen LogP contribution is 2.32. The lowest BCUT2D eigenvalue weighted by Crippen LogP contribution is -2.30. The molecule has 1 unspecified atom stereocenters. The van der Waals surface area contributed by atoms with E-state index in [1.165, 1.54) is 17.3 Å². The molecule has 0 saturated heterocycles. The number of aromatic nitrogens is 2. The van der Waals surface area contributed by atoms with Crippen LogP contribution in [-0.2, 0) is 11.2 Å². The highest BCUT2D eigenvalue weighted by Gasteiger charge is 2.23. The molecule has 1 heterocycles. The number of thioether (sulfide) groups is 1. The molecule has 3 aromatic rings. The summed E-state index contributed by atoms with van der Waals surface area (Å²) in [5.41, 5.74) is 3.06. The first-order chi connectivity index (χ1) is 15.1. The maximum atomic E-state index is 13.2. The summed E-state index contributed by atoms with van der Waals surface area (Å²) in [7, 11) is 0. The third-order valence-corrected chi connectivity index (χ3v) is 7.02. The van der Waals surface area contributed by atoms with Crippen LogP contribution in [0.15, 0.2) is 58.5 Å². The van der Waals surface area contributed by atoms with Gasteiger partial charge in [-0.05, 0) is 49.4 Å². The Morgan fingerprint density at radius 2 is 1.87 bits per heavy atom. The van der Waals surface area contributed by atoms with Crippen molar-refractivity contribution in [2.75, 3.05) is 5.75 Å². The van der Waals surface area contributed by atoms with Crippen LogP contribution < -0.4 is 10.9 Å². The van der Waals surface area contributed by atoms with Gasteiger partial charge in [0, 0.05) is 6.04 Å². The van der Waals surface area contributed by atoms with Crippen LogP contribution >= 0.6 is 11.8 Å². The number of carbonyl (C=O) groups is 1. The standard InChI is InChI=1S/C25H29N3O2S/c1-3-18-12-14-19(15-13-18)17(2)26-23(29)16-31-25-27-22-11-7-6-10-21(22)24(30)28(25)20-8-4-5-9-20/h6-7,10-15,17,20H,3-5,8-9,16H2,1-2H3,(H,26,29). The number of nitrogens with one attached hydrogen (secondary N) is 1. The minimum Gasteiger partial charge on any atom is -0.349 e. The number of benzene rings is 2. The normalized spacial score (nSPS) is 15.3. The molecule has 31 heavy (non-hydrogen) atoms. The summed E-state index contributed by atoms with van der Waals surface area (Å²) in [5, 5.41) is 4.36. The Morgan fingerprint density at radius 1 is 1.16 bits per heavy atom. The first-order valence-electron chi connectivity index (χ1n) is 11.1. The average Bonchev–Trinajstić information content (AvgIpc) is 3.32. The Labute approximate surface area is 187 Å². The Balaban J connectivity index is 1.50. The molecule has 1 aliphatic rings. The predicted molar refractivity (Wildman–Crippen MR) is 127 cm³/mol. The first-order valence-corrected chi connectivity index (χ1v) is 12.1. The van der Waals surface area contributed by atoms with Gasteiger partial charge in [-0.15, -0.1) is 0 Å². The van der Waals surface area contributed by atoms with Crippen molar-refractivity contribution in [3.8, 4) is 0 Å². The van der Waals surface area contributed by atoms with Crippen LogP contribution in [0, 0.1) is 0 Å². The molecule has 0 spiro atoms. The van der Waals surface area contributed by atoms with Gasteiger partial charge in [0.2, 0.25) is 5.91 Å². The molecular formula is C25H29N3O2S. The SMILES string of the molecule is CCc1ccc(C(C)NC(=O)CSc2nc3ccccc3c(=O)n2C2CCCC2)cc1. The van der Waals surface area contributed by atoms with Crippen molar-refractivity contribution in [3.63, 3.8) is 0 Å². The fourth-order valence-corrected chi connectivity index (χ4v) is 5.13. The zero-order valence-electron chi connectivity index (χ0n) is 18.1. The second-order valence-electron chi connectivity index (χ2n) is 8.20. The van der Waals surface area contributed by atoms with E-state index in [2.05, 4.69) is 36.5 Å². The van der Waals surface area contributed by atoms with E-state index < -0.39 is 0 Å². The van der Waals surface area contributed by atoms with Gasteiger partial charge in [-0.2, -0.15) is 0 Å². The second-order valence-corrected chi connectivity index (χ2v) is 9.14. The molecule has 4 rings (SSSR count). The number of carbonyl (C=O) groups excluding carboxylic acids is 1. The van der Waals surface area contributed by atoms with E-state index in [1.807, 2.05) is 35.8 Å². The quantitative estimate of drug-likeness (QED) is 0.417. The number of fused-ring (bicyclic) bond motifs is 1. The van der Waals surface area contributed by atoms with Gasteiger partial charge in [0.05, 0.1) is 22.7 Å². The monoisotopic (exact) mass is 435 g/mol. The molecule has 2 aromatic carbocycles. The minimum atomic E-state index is -0.0689. The third-order valence-electron chi connectivity index (χ3n) is 6.06. The molecule has 1 saturated carbocycles. The first kappa shape index (κ1) is 21.6. The van der Waals surface area contributed by atoms with E-state index in [-0.39, 0.29) is 29.3 Å². The van der Waals surface area contributed by atoms with Gasteiger partial charge in [0.25, 0.3) is 5.56 Å². The molecule has 1 aromatic heterocycles. The van der Waals surface area contributed by atoms with Crippen LogP contribution in [0.5, 0.6) is 0 Å². The number of hydrogen-bond acceptors (Lipinski definition) is 4. The van der Waals surface area contributed by atoms with Gasteiger partial charge < -0.3 is 5.32 Å². The smallest absolute Gasteiger partial charge is 0.262 e. The van der Waals surface area contributed by atoms with E-state index >= 15 is 0 Å². The van der Waals surface area contributed by atoms with Crippen molar-refractivity contribution in [2.24, 2.45) is 0 Å². The van der Waals surface area contributed by atoms with Gasteiger partial charge in [0.15, 0.2) is 5.16 Å². The fraction of sp³-hybridized carbons (Fsp3) is 0.400. The molecule has 5 nitrogen and oxygen atoms in total. The minimum absolute atomic E-state index is 0.00444. The highest BCUT2D eigenvalue weighted by atomic mass is 32.2. The molecule has 1 amide bonds. The lowest BCUT2D eigenvalue weighted by Gasteiger charge is -2.19. The lowest BCUT2D eigenvalue weighted by atomic mass is 10.1. The van der Waals surface area contributed by atoms with Crippen molar-refractivity contribution in [1.29, 1.82) is 0 Å². The Morgan fingerprint density at radius 3 is 2.58 bits per heavy atom. The van der Waals surface area contributed by atoms with E-state index in [0.29, 0.717) is 16.1 Å². The molecule has 0 radical (unpaired) electrons. The van der Waals surface area contributed by atoms with Crippen molar-refractivity contribution >= 4 is 28.6 Å². The molecular weight excluding hydrogens is 406 g/mol. The summed E-state index contributed by atoms with van der Waals surface area (Å²) in [6.07, 6.45) is 5.24. The molecule has 1 fully saturated rings. The van der Waals surface area contributed by atoms with Crippen molar-refractivity contribution in [3.05, 3.63) is 70.0 Å². The van der Waals surface area contributed by atoms with Gasteiger partial charge >= 0.3 is 0 Å². The maximum absolute atomic E-state index is 13.2. The van der Waals surface area contributed by atoms with E-state index in [4.69, 9.17) is 4.98 Å². The van der Waals surface area contributed by atoms with Gasteiger partial charge in [-0.3, -0.25) is 14.2 Å². The summed E-state index contributed by atoms with van der Waals surface area (Å²) >= 11 is 1.35. The maximum Gasteiger partial charge on any atom is 0.262 e. The molecule has 0 bridgehead atoms. The number of para-hydroxylation sites is 1. The number of hydrogen-bond donors (Lipinski definition) is 1. The topological polar surface area (TPSA) is 64.0 Å². The summed E-state index contributed by atoms with van der Waals surface area (Å²) in [6, 6.07) is 15.9. The number of amides is 1. The Hall–Kier alpha value is -2.60. The summed E-state index contributed by atoms with van der Waals surface area (Å²) in [6.45, 7) is 4.12. The van der Waals surface area contributed by atoms with Crippen LogP contribution in [0.3, 0.4) is 0 Å². The Bertz CT molecular complexity index is 1120. The van der Waals surface area contributed by atoms with E-state index in [1.54, 1.807) is 0 Å². The van der Waals surface area contributed by atoms with Crippen LogP contribution in [0.2, 0.25) is 0 Å². The third kappa shape index (κ3) is 4.85. The van der Waals surface area contributed by atoms with Crippen LogP contribution in [0.25, 0.3) is 10.9 Å². The zero-order chi connectivity index (χ0) is 21.8. The number of aryl methyl sites for hydroxylation is 1.